The van der Waals surface area contributed by atoms with Gasteiger partial charge >= 0.3 is 0 Å². The van der Waals surface area contributed by atoms with E-state index in [1.54, 1.807) is 12.1 Å². The molecule has 0 saturated carbocycles. The van der Waals surface area contributed by atoms with E-state index in [9.17, 15) is 4.39 Å². The smallest absolute Gasteiger partial charge is 0.123 e. The molecule has 1 aliphatic rings. The van der Waals surface area contributed by atoms with Crippen LogP contribution in [0.3, 0.4) is 0 Å². The van der Waals surface area contributed by atoms with Gasteiger partial charge < -0.3 is 14.8 Å². The molecule has 0 amide bonds. The second-order valence-electron chi connectivity index (χ2n) is 3.91. The van der Waals surface area contributed by atoms with Gasteiger partial charge in [0.25, 0.3) is 0 Å². The number of benzene rings is 1. The fraction of sp³-hybridized carbons (Fsp3) is 0.500. The van der Waals surface area contributed by atoms with Crippen LogP contribution in [0.15, 0.2) is 24.3 Å². The molecule has 0 aromatic heterocycles. The number of hydrogen-bond donors (Lipinski definition) is 1. The predicted molar refractivity (Wildman–Crippen MR) is 59.1 cm³/mol. The maximum Gasteiger partial charge on any atom is 0.123 e. The molecule has 0 aliphatic carbocycles. The minimum absolute atomic E-state index is 0.00533. The van der Waals surface area contributed by atoms with Gasteiger partial charge in [-0.15, -0.1) is 0 Å². The monoisotopic (exact) mass is 225 g/mol. The van der Waals surface area contributed by atoms with Crippen molar-refractivity contribution >= 4 is 0 Å². The summed E-state index contributed by atoms with van der Waals surface area (Å²) in [5, 5.41) is 3.33. The van der Waals surface area contributed by atoms with Crippen LogP contribution in [0.1, 0.15) is 6.92 Å². The van der Waals surface area contributed by atoms with Crippen molar-refractivity contribution in [2.45, 2.75) is 19.1 Å². The summed E-state index contributed by atoms with van der Waals surface area (Å²) in [6, 6.07) is 6.25. The maximum absolute atomic E-state index is 12.7. The lowest BCUT2D eigenvalue weighted by Crippen LogP contribution is -2.49. The molecule has 88 valence electrons. The van der Waals surface area contributed by atoms with Crippen molar-refractivity contribution in [1.82, 2.24) is 5.32 Å². The molecule has 3 nitrogen and oxygen atoms in total. The van der Waals surface area contributed by atoms with Gasteiger partial charge in [0.2, 0.25) is 0 Å². The molecule has 16 heavy (non-hydrogen) atoms. The molecule has 0 bridgehead atoms. The number of nitrogens with one attached hydrogen (secondary N) is 1. The standard InChI is InChI=1S/C12H16FNO2/c1-9(12-8-15-7-6-14-12)16-11-4-2-10(13)3-5-11/h2-5,9,12,14H,6-8H2,1H3. The number of ether oxygens (including phenoxy) is 2. The number of halogens is 1. The second-order valence-corrected chi connectivity index (χ2v) is 3.91. The molecule has 0 radical (unpaired) electrons. The van der Waals surface area contributed by atoms with E-state index in [0.29, 0.717) is 12.4 Å². The van der Waals surface area contributed by atoms with Gasteiger partial charge in [-0.3, -0.25) is 0 Å². The van der Waals surface area contributed by atoms with Gasteiger partial charge in [-0.25, -0.2) is 4.39 Å². The minimum atomic E-state index is -0.251. The molecule has 1 heterocycles. The molecule has 2 atom stereocenters. The Hall–Kier alpha value is -1.13. The summed E-state index contributed by atoms with van der Waals surface area (Å²) < 4.78 is 23.7. The molecular formula is C12H16FNO2. The first-order valence-corrected chi connectivity index (χ1v) is 5.49. The summed E-state index contributed by atoms with van der Waals surface area (Å²) in [6.45, 7) is 4.24. The molecule has 2 unspecified atom stereocenters. The summed E-state index contributed by atoms with van der Waals surface area (Å²) in [4.78, 5) is 0. The third-order valence-electron chi connectivity index (χ3n) is 2.65. The molecule has 2 rings (SSSR count). The van der Waals surface area contributed by atoms with Crippen molar-refractivity contribution in [3.8, 4) is 5.75 Å². The second kappa shape index (κ2) is 5.27. The van der Waals surface area contributed by atoms with E-state index in [1.165, 1.54) is 12.1 Å². The van der Waals surface area contributed by atoms with Gasteiger partial charge in [0.05, 0.1) is 19.3 Å². The summed E-state index contributed by atoms with van der Waals surface area (Å²) in [6.07, 6.45) is 0.00533. The predicted octanol–water partition coefficient (Wildman–Crippen LogP) is 1.58. The highest BCUT2D eigenvalue weighted by atomic mass is 19.1. The Morgan fingerprint density at radius 3 is 2.81 bits per heavy atom. The third-order valence-corrected chi connectivity index (χ3v) is 2.65. The average Bonchev–Trinajstić information content (AvgIpc) is 2.33. The van der Waals surface area contributed by atoms with E-state index in [0.717, 1.165) is 13.2 Å². The van der Waals surface area contributed by atoms with Crippen LogP contribution in [0.2, 0.25) is 0 Å². The van der Waals surface area contributed by atoms with Crippen LogP contribution in [-0.4, -0.2) is 31.9 Å². The lowest BCUT2D eigenvalue weighted by atomic mass is 10.2. The molecule has 1 aromatic carbocycles. The van der Waals surface area contributed by atoms with E-state index >= 15 is 0 Å². The normalized spacial score (nSPS) is 22.8. The van der Waals surface area contributed by atoms with Gasteiger partial charge in [-0.1, -0.05) is 0 Å². The fourth-order valence-corrected chi connectivity index (χ4v) is 1.70. The molecule has 1 fully saturated rings. The quantitative estimate of drug-likeness (QED) is 0.847. The SMILES string of the molecule is CC(Oc1ccc(F)cc1)C1COCCN1. The van der Waals surface area contributed by atoms with Crippen LogP contribution < -0.4 is 10.1 Å². The van der Waals surface area contributed by atoms with Crippen molar-refractivity contribution in [3.05, 3.63) is 30.1 Å². The zero-order valence-corrected chi connectivity index (χ0v) is 9.28. The van der Waals surface area contributed by atoms with Crippen molar-refractivity contribution in [1.29, 1.82) is 0 Å². The largest absolute Gasteiger partial charge is 0.489 e. The molecule has 1 aliphatic heterocycles. The van der Waals surface area contributed by atoms with Gasteiger partial charge in [0.15, 0.2) is 0 Å². The van der Waals surface area contributed by atoms with Gasteiger partial charge in [-0.05, 0) is 31.2 Å². The van der Waals surface area contributed by atoms with Crippen LogP contribution in [0, 0.1) is 5.82 Å². The average molecular weight is 225 g/mol. The first-order valence-electron chi connectivity index (χ1n) is 5.49. The first-order chi connectivity index (χ1) is 7.75. The summed E-state index contributed by atoms with van der Waals surface area (Å²) in [7, 11) is 0. The first kappa shape index (κ1) is 11.4. The van der Waals surface area contributed by atoms with Crippen molar-refractivity contribution in [2.75, 3.05) is 19.8 Å². The maximum atomic E-state index is 12.7. The fourth-order valence-electron chi connectivity index (χ4n) is 1.70. The topological polar surface area (TPSA) is 30.5 Å². The van der Waals surface area contributed by atoms with Crippen molar-refractivity contribution in [2.24, 2.45) is 0 Å². The van der Waals surface area contributed by atoms with Gasteiger partial charge in [-0.2, -0.15) is 0 Å². The van der Waals surface area contributed by atoms with Gasteiger partial charge in [0, 0.05) is 6.54 Å². The zero-order valence-electron chi connectivity index (χ0n) is 9.28. The Bertz CT molecular complexity index is 322. The molecule has 4 heteroatoms. The highest BCUT2D eigenvalue weighted by molar-refractivity contribution is 5.22. The molecular weight excluding hydrogens is 209 g/mol. The highest BCUT2D eigenvalue weighted by Crippen LogP contribution is 2.14. The number of morpholine rings is 1. The van der Waals surface area contributed by atoms with Crippen LogP contribution in [0.5, 0.6) is 5.75 Å². The minimum Gasteiger partial charge on any atom is -0.489 e. The molecule has 0 spiro atoms. The lowest BCUT2D eigenvalue weighted by molar-refractivity contribution is 0.0337. The number of rotatable bonds is 3. The van der Waals surface area contributed by atoms with E-state index in [4.69, 9.17) is 9.47 Å². The lowest BCUT2D eigenvalue weighted by Gasteiger charge is -2.29. The molecule has 1 N–H and O–H groups in total. The summed E-state index contributed by atoms with van der Waals surface area (Å²) in [5.41, 5.74) is 0. The van der Waals surface area contributed by atoms with Crippen LogP contribution in [-0.2, 0) is 4.74 Å². The van der Waals surface area contributed by atoms with Gasteiger partial charge in [0.1, 0.15) is 17.7 Å². The Labute approximate surface area is 94.6 Å². The Morgan fingerprint density at radius 1 is 1.44 bits per heavy atom. The van der Waals surface area contributed by atoms with E-state index in [-0.39, 0.29) is 18.0 Å². The summed E-state index contributed by atoms with van der Waals surface area (Å²) in [5.74, 6) is 0.431. The Morgan fingerprint density at radius 2 is 2.19 bits per heavy atom. The zero-order chi connectivity index (χ0) is 11.4. The summed E-state index contributed by atoms with van der Waals surface area (Å²) >= 11 is 0. The number of hydrogen-bond acceptors (Lipinski definition) is 3. The highest BCUT2D eigenvalue weighted by Gasteiger charge is 2.21. The third kappa shape index (κ3) is 2.93. The van der Waals surface area contributed by atoms with Crippen LogP contribution >= 0.6 is 0 Å². The van der Waals surface area contributed by atoms with Crippen LogP contribution in [0.25, 0.3) is 0 Å². The Balaban J connectivity index is 1.90. The van der Waals surface area contributed by atoms with Crippen molar-refractivity contribution < 1.29 is 13.9 Å². The van der Waals surface area contributed by atoms with Crippen LogP contribution in [0.4, 0.5) is 4.39 Å². The molecule has 1 saturated heterocycles. The Kier molecular flexibility index (Phi) is 3.74. The van der Waals surface area contributed by atoms with E-state index < -0.39 is 0 Å². The van der Waals surface area contributed by atoms with E-state index in [1.807, 2.05) is 6.92 Å². The molecule has 1 aromatic rings. The van der Waals surface area contributed by atoms with Crippen molar-refractivity contribution in [3.63, 3.8) is 0 Å². The van der Waals surface area contributed by atoms with E-state index in [2.05, 4.69) is 5.32 Å².